The zero-order chi connectivity index (χ0) is 14.7. The first-order chi connectivity index (χ1) is 9.54. The molecule has 7 heteroatoms. The Bertz CT molecular complexity index is 687. The summed E-state index contributed by atoms with van der Waals surface area (Å²) in [4.78, 5) is 27.8. The molecule has 0 aromatic carbocycles. The maximum Gasteiger partial charge on any atom is 0.330 e. The fourth-order valence-electron chi connectivity index (χ4n) is 1.99. The minimum absolute atomic E-state index is 0.133. The van der Waals surface area contributed by atoms with Gasteiger partial charge in [-0.1, -0.05) is 6.92 Å². The zero-order valence-corrected chi connectivity index (χ0v) is 12.6. The fraction of sp³-hybridized carbons (Fsp3) is 0.462. The molecule has 0 aliphatic heterocycles. The molecular formula is C13H18N4O2S. The van der Waals surface area contributed by atoms with Gasteiger partial charge in [-0.05, 0) is 6.42 Å². The van der Waals surface area contributed by atoms with Crippen molar-refractivity contribution in [2.24, 2.45) is 14.1 Å². The quantitative estimate of drug-likeness (QED) is 0.885. The van der Waals surface area contributed by atoms with Gasteiger partial charge in [-0.25, -0.2) is 9.78 Å². The first kappa shape index (κ1) is 14.7. The van der Waals surface area contributed by atoms with Crippen LogP contribution in [0.15, 0.2) is 27.2 Å². The van der Waals surface area contributed by atoms with Crippen molar-refractivity contribution in [3.05, 3.63) is 49.2 Å². The average molecular weight is 294 g/mol. The number of thiazole rings is 1. The molecule has 0 saturated heterocycles. The highest BCUT2D eigenvalue weighted by Crippen LogP contribution is 2.18. The Balaban J connectivity index is 2.19. The Labute approximate surface area is 120 Å². The lowest BCUT2D eigenvalue weighted by Gasteiger charge is -2.16. The Kier molecular flexibility index (Phi) is 4.51. The smallest absolute Gasteiger partial charge is 0.302 e. The molecule has 0 aliphatic rings. The minimum Gasteiger partial charge on any atom is -0.302 e. The second-order valence-corrected chi connectivity index (χ2v) is 5.51. The number of hydrogen-bond donors (Lipinski definition) is 1. The van der Waals surface area contributed by atoms with Crippen molar-refractivity contribution < 1.29 is 0 Å². The van der Waals surface area contributed by atoms with E-state index in [1.54, 1.807) is 24.6 Å². The van der Waals surface area contributed by atoms with Crippen molar-refractivity contribution in [2.45, 2.75) is 25.9 Å². The van der Waals surface area contributed by atoms with Crippen LogP contribution in [0.1, 0.15) is 30.1 Å². The van der Waals surface area contributed by atoms with E-state index >= 15 is 0 Å². The van der Waals surface area contributed by atoms with Crippen LogP contribution in [0, 0.1) is 0 Å². The van der Waals surface area contributed by atoms with Crippen LogP contribution in [0.5, 0.6) is 0 Å². The third-order valence-corrected chi connectivity index (χ3v) is 4.20. The van der Waals surface area contributed by atoms with Crippen molar-refractivity contribution in [3.8, 4) is 0 Å². The maximum atomic E-state index is 11.8. The summed E-state index contributed by atoms with van der Waals surface area (Å²) in [6.45, 7) is 2.53. The van der Waals surface area contributed by atoms with Gasteiger partial charge in [0, 0.05) is 44.0 Å². The minimum atomic E-state index is -0.309. The van der Waals surface area contributed by atoms with Gasteiger partial charge < -0.3 is 5.32 Å². The van der Waals surface area contributed by atoms with Gasteiger partial charge in [0.05, 0.1) is 6.04 Å². The highest BCUT2D eigenvalue weighted by Gasteiger charge is 2.13. The molecule has 2 aromatic heterocycles. The molecule has 0 bridgehead atoms. The van der Waals surface area contributed by atoms with E-state index in [2.05, 4.69) is 17.2 Å². The van der Waals surface area contributed by atoms with Gasteiger partial charge in [-0.15, -0.1) is 11.3 Å². The van der Waals surface area contributed by atoms with Gasteiger partial charge in [0.1, 0.15) is 5.01 Å². The molecule has 108 valence electrons. The predicted molar refractivity (Wildman–Crippen MR) is 78.9 cm³/mol. The van der Waals surface area contributed by atoms with E-state index < -0.39 is 0 Å². The van der Waals surface area contributed by atoms with Crippen molar-refractivity contribution in [2.75, 3.05) is 0 Å². The zero-order valence-electron chi connectivity index (χ0n) is 11.8. The number of nitrogens with zero attached hydrogens (tertiary/aromatic N) is 3. The Morgan fingerprint density at radius 3 is 2.70 bits per heavy atom. The molecule has 2 rings (SSSR count). The molecule has 0 aliphatic carbocycles. The number of nitrogens with one attached hydrogen (secondary N) is 1. The molecule has 1 N–H and O–H groups in total. The highest BCUT2D eigenvalue weighted by atomic mass is 32.1. The van der Waals surface area contributed by atoms with E-state index in [1.807, 2.05) is 5.38 Å². The molecule has 6 nitrogen and oxygen atoms in total. The molecule has 0 saturated carbocycles. The van der Waals surface area contributed by atoms with Gasteiger partial charge in [0.2, 0.25) is 0 Å². The Morgan fingerprint density at radius 2 is 2.10 bits per heavy atom. The van der Waals surface area contributed by atoms with Crippen molar-refractivity contribution >= 4 is 11.3 Å². The molecular weight excluding hydrogens is 276 g/mol. The number of rotatable bonds is 5. The monoisotopic (exact) mass is 294 g/mol. The topological polar surface area (TPSA) is 68.9 Å². The van der Waals surface area contributed by atoms with Crippen LogP contribution in [0.3, 0.4) is 0 Å². The third kappa shape index (κ3) is 2.88. The second-order valence-electron chi connectivity index (χ2n) is 4.59. The van der Waals surface area contributed by atoms with Crippen LogP contribution in [-0.2, 0) is 20.6 Å². The molecule has 2 heterocycles. The second kappa shape index (κ2) is 6.15. The highest BCUT2D eigenvalue weighted by molar-refractivity contribution is 7.09. The summed E-state index contributed by atoms with van der Waals surface area (Å²) in [6.07, 6.45) is 2.67. The summed E-state index contributed by atoms with van der Waals surface area (Å²) < 4.78 is 2.59. The van der Waals surface area contributed by atoms with E-state index in [0.717, 1.165) is 16.0 Å². The summed E-state index contributed by atoms with van der Waals surface area (Å²) in [5.74, 6) is 0. The van der Waals surface area contributed by atoms with Crippen LogP contribution in [0.2, 0.25) is 0 Å². The lowest BCUT2D eigenvalue weighted by molar-refractivity contribution is 0.497. The molecule has 1 unspecified atom stereocenters. The van der Waals surface area contributed by atoms with E-state index in [4.69, 9.17) is 0 Å². The molecule has 0 amide bonds. The summed E-state index contributed by atoms with van der Waals surface area (Å²) in [5.41, 5.74) is 0.0805. The van der Waals surface area contributed by atoms with Gasteiger partial charge in [0.25, 0.3) is 5.56 Å². The van der Waals surface area contributed by atoms with E-state index in [0.29, 0.717) is 12.2 Å². The normalized spacial score (nSPS) is 12.6. The van der Waals surface area contributed by atoms with Crippen molar-refractivity contribution in [1.29, 1.82) is 0 Å². The summed E-state index contributed by atoms with van der Waals surface area (Å²) in [7, 11) is 3.15. The largest absolute Gasteiger partial charge is 0.330 e. The van der Waals surface area contributed by atoms with Crippen molar-refractivity contribution in [1.82, 2.24) is 19.4 Å². The van der Waals surface area contributed by atoms with Crippen LogP contribution >= 0.6 is 11.3 Å². The third-order valence-electron chi connectivity index (χ3n) is 3.31. The molecule has 2 aromatic rings. The van der Waals surface area contributed by atoms with E-state index in [-0.39, 0.29) is 17.3 Å². The number of aromatic nitrogens is 3. The number of hydrogen-bond acceptors (Lipinski definition) is 5. The first-order valence-electron chi connectivity index (χ1n) is 6.43. The van der Waals surface area contributed by atoms with Crippen LogP contribution in [-0.4, -0.2) is 14.1 Å². The first-order valence-corrected chi connectivity index (χ1v) is 7.31. The summed E-state index contributed by atoms with van der Waals surface area (Å²) in [5, 5.41) is 6.30. The SMILES string of the molecule is CCC(NCc1cc(=O)n(C)c(=O)n1C)c1nccs1. The Hall–Kier alpha value is -1.73. The Morgan fingerprint density at radius 1 is 1.35 bits per heavy atom. The van der Waals surface area contributed by atoms with Gasteiger partial charge >= 0.3 is 5.69 Å². The standard InChI is InChI=1S/C13H18N4O2S/c1-4-10(12-14-5-6-20-12)15-8-9-7-11(18)17(3)13(19)16(9)2/h5-7,10,15H,4,8H2,1-3H3. The molecule has 0 radical (unpaired) electrons. The van der Waals surface area contributed by atoms with Gasteiger partial charge in [0.15, 0.2) is 0 Å². The van der Waals surface area contributed by atoms with Crippen LogP contribution < -0.4 is 16.6 Å². The van der Waals surface area contributed by atoms with Gasteiger partial charge in [-0.3, -0.25) is 13.9 Å². The van der Waals surface area contributed by atoms with Crippen LogP contribution in [0.4, 0.5) is 0 Å². The summed E-state index contributed by atoms with van der Waals surface area (Å²) >= 11 is 1.60. The fourth-order valence-corrected chi connectivity index (χ4v) is 2.79. The van der Waals surface area contributed by atoms with Crippen LogP contribution in [0.25, 0.3) is 0 Å². The molecule has 20 heavy (non-hydrogen) atoms. The molecule has 0 fully saturated rings. The van der Waals surface area contributed by atoms with E-state index in [1.165, 1.54) is 17.7 Å². The average Bonchev–Trinajstić information content (AvgIpc) is 2.96. The predicted octanol–water partition coefficient (Wildman–Crippen LogP) is 0.781. The van der Waals surface area contributed by atoms with Crippen molar-refractivity contribution in [3.63, 3.8) is 0 Å². The molecule has 1 atom stereocenters. The summed E-state index contributed by atoms with van der Waals surface area (Å²) in [6, 6.07) is 1.62. The molecule has 0 spiro atoms. The lowest BCUT2D eigenvalue weighted by Crippen LogP contribution is -2.39. The lowest BCUT2D eigenvalue weighted by atomic mass is 10.2. The van der Waals surface area contributed by atoms with E-state index in [9.17, 15) is 9.59 Å². The van der Waals surface area contributed by atoms with Gasteiger partial charge in [-0.2, -0.15) is 0 Å². The maximum absolute atomic E-state index is 11.8.